The van der Waals surface area contributed by atoms with Crippen LogP contribution in [-0.4, -0.2) is 61.4 Å². The van der Waals surface area contributed by atoms with E-state index >= 15 is 0 Å². The maximum absolute atomic E-state index is 12.3. The van der Waals surface area contributed by atoms with Crippen molar-refractivity contribution in [1.29, 1.82) is 0 Å². The topological polar surface area (TPSA) is 52.7 Å². The molecule has 0 aromatic carbocycles. The molecule has 2 heterocycles. The zero-order valence-corrected chi connectivity index (χ0v) is 13.8. The van der Waals surface area contributed by atoms with Gasteiger partial charge in [0.25, 0.3) is 0 Å². The second-order valence-electron chi connectivity index (χ2n) is 6.01. The fourth-order valence-corrected chi connectivity index (χ4v) is 3.14. The summed E-state index contributed by atoms with van der Waals surface area (Å²) >= 11 is 0. The van der Waals surface area contributed by atoms with Crippen LogP contribution < -0.4 is 5.32 Å². The highest BCUT2D eigenvalue weighted by molar-refractivity contribution is 5.85. The van der Waals surface area contributed by atoms with E-state index in [1.807, 2.05) is 11.9 Å². The van der Waals surface area contributed by atoms with Crippen LogP contribution in [0.2, 0.25) is 0 Å². The molecule has 0 atom stereocenters. The SMILES string of the molecule is CNCC1CCN(C(=O)CN2CCCCCC2=O)CC1.Cl. The normalized spacial score (nSPS) is 20.9. The molecule has 2 fully saturated rings. The molecule has 21 heavy (non-hydrogen) atoms. The summed E-state index contributed by atoms with van der Waals surface area (Å²) in [5, 5.41) is 3.20. The predicted octanol–water partition coefficient (Wildman–Crippen LogP) is 1.27. The van der Waals surface area contributed by atoms with Gasteiger partial charge in [-0.1, -0.05) is 6.42 Å². The molecule has 1 N–H and O–H groups in total. The van der Waals surface area contributed by atoms with E-state index in [1.54, 1.807) is 4.90 Å². The third-order valence-electron chi connectivity index (χ3n) is 4.46. The summed E-state index contributed by atoms with van der Waals surface area (Å²) in [4.78, 5) is 27.9. The summed E-state index contributed by atoms with van der Waals surface area (Å²) < 4.78 is 0. The number of halogens is 1. The van der Waals surface area contributed by atoms with Gasteiger partial charge in [-0.2, -0.15) is 0 Å². The molecule has 122 valence electrons. The largest absolute Gasteiger partial charge is 0.341 e. The Labute approximate surface area is 133 Å². The first-order chi connectivity index (χ1) is 9.70. The first kappa shape index (κ1) is 18.2. The highest BCUT2D eigenvalue weighted by Crippen LogP contribution is 2.17. The lowest BCUT2D eigenvalue weighted by Gasteiger charge is -2.33. The van der Waals surface area contributed by atoms with Gasteiger partial charge in [-0.3, -0.25) is 9.59 Å². The average Bonchev–Trinajstić information content (AvgIpc) is 2.65. The van der Waals surface area contributed by atoms with Crippen LogP contribution in [0.5, 0.6) is 0 Å². The minimum absolute atomic E-state index is 0. The number of carbonyl (C=O) groups excluding carboxylic acids is 2. The van der Waals surface area contributed by atoms with Gasteiger partial charge in [0.05, 0.1) is 6.54 Å². The van der Waals surface area contributed by atoms with Gasteiger partial charge >= 0.3 is 0 Å². The molecule has 0 unspecified atom stereocenters. The number of rotatable bonds is 4. The van der Waals surface area contributed by atoms with Crippen molar-refractivity contribution in [2.45, 2.75) is 38.5 Å². The van der Waals surface area contributed by atoms with Crippen LogP contribution in [-0.2, 0) is 9.59 Å². The Bertz CT molecular complexity index is 344. The number of amides is 2. The second-order valence-corrected chi connectivity index (χ2v) is 6.01. The lowest BCUT2D eigenvalue weighted by atomic mass is 9.97. The van der Waals surface area contributed by atoms with Crippen LogP contribution in [0.15, 0.2) is 0 Å². The Morgan fingerprint density at radius 1 is 1.19 bits per heavy atom. The lowest BCUT2D eigenvalue weighted by Crippen LogP contribution is -2.46. The number of nitrogens with zero attached hydrogens (tertiary/aromatic N) is 2. The fourth-order valence-electron chi connectivity index (χ4n) is 3.14. The van der Waals surface area contributed by atoms with Crippen LogP contribution >= 0.6 is 12.4 Å². The van der Waals surface area contributed by atoms with Crippen molar-refractivity contribution in [3.8, 4) is 0 Å². The van der Waals surface area contributed by atoms with Gasteiger partial charge in [-0.15, -0.1) is 12.4 Å². The van der Waals surface area contributed by atoms with E-state index in [4.69, 9.17) is 0 Å². The Morgan fingerprint density at radius 3 is 2.57 bits per heavy atom. The first-order valence-electron chi connectivity index (χ1n) is 7.91. The number of likely N-dealkylation sites (tertiary alicyclic amines) is 2. The molecule has 5 nitrogen and oxygen atoms in total. The first-order valence-corrected chi connectivity index (χ1v) is 7.91. The van der Waals surface area contributed by atoms with Crippen molar-refractivity contribution in [3.63, 3.8) is 0 Å². The predicted molar refractivity (Wildman–Crippen MR) is 85.5 cm³/mol. The number of carbonyl (C=O) groups is 2. The van der Waals surface area contributed by atoms with Gasteiger partial charge in [0, 0.05) is 26.1 Å². The second kappa shape index (κ2) is 9.26. The molecular formula is C15H28ClN3O2. The lowest BCUT2D eigenvalue weighted by molar-refractivity contribution is -0.141. The summed E-state index contributed by atoms with van der Waals surface area (Å²) in [6.07, 6.45) is 5.85. The molecule has 0 spiro atoms. The molecule has 0 aliphatic carbocycles. The van der Waals surface area contributed by atoms with E-state index < -0.39 is 0 Å². The fraction of sp³-hybridized carbons (Fsp3) is 0.867. The molecule has 0 aromatic rings. The van der Waals surface area contributed by atoms with Gasteiger partial charge in [0.1, 0.15) is 0 Å². The number of hydrogen-bond donors (Lipinski definition) is 1. The Hall–Kier alpha value is -0.810. The standard InChI is InChI=1S/C15H27N3O2.ClH/c1-16-11-13-6-9-17(10-7-13)15(20)12-18-8-4-2-3-5-14(18)19;/h13,16H,2-12H2,1H3;1H. The van der Waals surface area contributed by atoms with Crippen LogP contribution in [0.4, 0.5) is 0 Å². The quantitative estimate of drug-likeness (QED) is 0.849. The average molecular weight is 318 g/mol. The molecule has 0 saturated carbocycles. The van der Waals surface area contributed by atoms with Crippen LogP contribution in [0, 0.1) is 5.92 Å². The molecule has 0 bridgehead atoms. The number of hydrogen-bond acceptors (Lipinski definition) is 3. The summed E-state index contributed by atoms with van der Waals surface area (Å²) in [7, 11) is 1.97. The minimum atomic E-state index is 0. The minimum Gasteiger partial charge on any atom is -0.341 e. The maximum Gasteiger partial charge on any atom is 0.242 e. The molecule has 2 amide bonds. The summed E-state index contributed by atoms with van der Waals surface area (Å²) in [5.74, 6) is 0.966. The third kappa shape index (κ3) is 5.47. The van der Waals surface area contributed by atoms with E-state index in [9.17, 15) is 9.59 Å². The Kier molecular flexibility index (Phi) is 8.04. The Morgan fingerprint density at radius 2 is 1.90 bits per heavy atom. The van der Waals surface area contributed by atoms with Gasteiger partial charge in [0.15, 0.2) is 0 Å². The molecular weight excluding hydrogens is 290 g/mol. The highest BCUT2D eigenvalue weighted by atomic mass is 35.5. The molecule has 2 aliphatic rings. The molecule has 6 heteroatoms. The zero-order valence-electron chi connectivity index (χ0n) is 13.0. The van der Waals surface area contributed by atoms with Crippen LogP contribution in [0.1, 0.15) is 38.5 Å². The van der Waals surface area contributed by atoms with Crippen LogP contribution in [0.3, 0.4) is 0 Å². The van der Waals surface area contributed by atoms with Crippen LogP contribution in [0.25, 0.3) is 0 Å². The third-order valence-corrected chi connectivity index (χ3v) is 4.46. The van der Waals surface area contributed by atoms with E-state index in [0.717, 1.165) is 58.3 Å². The Balaban J connectivity index is 0.00000220. The summed E-state index contributed by atoms with van der Waals surface area (Å²) in [6, 6.07) is 0. The van der Waals surface area contributed by atoms with E-state index in [1.165, 1.54) is 0 Å². The van der Waals surface area contributed by atoms with Crippen molar-refractivity contribution >= 4 is 24.2 Å². The summed E-state index contributed by atoms with van der Waals surface area (Å²) in [6.45, 7) is 3.75. The highest BCUT2D eigenvalue weighted by Gasteiger charge is 2.25. The van der Waals surface area contributed by atoms with Gasteiger partial charge in [-0.05, 0) is 45.2 Å². The molecule has 0 radical (unpaired) electrons. The number of nitrogens with one attached hydrogen (secondary N) is 1. The number of piperidine rings is 1. The van der Waals surface area contributed by atoms with Gasteiger partial charge in [-0.25, -0.2) is 0 Å². The molecule has 2 aliphatic heterocycles. The van der Waals surface area contributed by atoms with Crippen molar-refractivity contribution in [2.75, 3.05) is 39.8 Å². The molecule has 2 saturated heterocycles. The van der Waals surface area contributed by atoms with Crippen molar-refractivity contribution < 1.29 is 9.59 Å². The van der Waals surface area contributed by atoms with E-state index in [-0.39, 0.29) is 30.8 Å². The molecule has 0 aromatic heterocycles. The molecule has 2 rings (SSSR count). The summed E-state index contributed by atoms with van der Waals surface area (Å²) in [5.41, 5.74) is 0. The van der Waals surface area contributed by atoms with Crippen molar-refractivity contribution in [2.24, 2.45) is 5.92 Å². The van der Waals surface area contributed by atoms with Gasteiger partial charge < -0.3 is 15.1 Å². The van der Waals surface area contributed by atoms with Crippen molar-refractivity contribution in [3.05, 3.63) is 0 Å². The van der Waals surface area contributed by atoms with Crippen molar-refractivity contribution in [1.82, 2.24) is 15.1 Å². The van der Waals surface area contributed by atoms with E-state index in [0.29, 0.717) is 12.3 Å². The zero-order chi connectivity index (χ0) is 14.4. The van der Waals surface area contributed by atoms with Gasteiger partial charge in [0.2, 0.25) is 11.8 Å². The van der Waals surface area contributed by atoms with E-state index in [2.05, 4.69) is 5.32 Å². The maximum atomic E-state index is 12.3. The smallest absolute Gasteiger partial charge is 0.242 e. The monoisotopic (exact) mass is 317 g/mol.